The van der Waals surface area contributed by atoms with Crippen LogP contribution in [0.15, 0.2) is 12.3 Å². The summed E-state index contributed by atoms with van der Waals surface area (Å²) in [6.07, 6.45) is 4.92. The van der Waals surface area contributed by atoms with Crippen LogP contribution in [-0.2, 0) is 9.47 Å². The molecule has 1 saturated heterocycles. The second-order valence-electron chi connectivity index (χ2n) is 1.67. The van der Waals surface area contributed by atoms with E-state index in [-0.39, 0.29) is 0 Å². The molecule has 8 heavy (non-hydrogen) atoms. The van der Waals surface area contributed by atoms with Crippen molar-refractivity contribution in [1.29, 1.82) is 0 Å². The average Bonchev–Trinajstić information content (AvgIpc) is 1.12. The van der Waals surface area contributed by atoms with Crippen LogP contribution in [0.2, 0.25) is 0 Å². The van der Waals surface area contributed by atoms with Crippen LogP contribution >= 0.6 is 0 Å². The van der Waals surface area contributed by atoms with Crippen molar-refractivity contribution in [2.45, 2.75) is 6.42 Å². The van der Waals surface area contributed by atoms with Crippen LogP contribution in [0.1, 0.15) is 6.42 Å². The molecule has 0 aliphatic carbocycles. The van der Waals surface area contributed by atoms with E-state index in [1.165, 1.54) is 6.42 Å². The Morgan fingerprint density at radius 2 is 1.50 bits per heavy atom. The Hall–Kier alpha value is -0.500. The molecule has 0 aromatic heterocycles. The summed E-state index contributed by atoms with van der Waals surface area (Å²) in [5.74, 6) is 0. The normalized spacial score (nSPS) is 21.0. The van der Waals surface area contributed by atoms with Crippen molar-refractivity contribution in [3.63, 3.8) is 0 Å². The van der Waals surface area contributed by atoms with Gasteiger partial charge in [0, 0.05) is 13.2 Å². The first-order chi connectivity index (χ1) is 4.00. The van der Waals surface area contributed by atoms with Crippen LogP contribution < -0.4 is 0 Å². The minimum atomic E-state index is 0.819. The van der Waals surface area contributed by atoms with Gasteiger partial charge in [0.15, 0.2) is 0 Å². The maximum atomic E-state index is 4.72. The lowest BCUT2D eigenvalue weighted by Gasteiger charge is -2.09. The summed E-state index contributed by atoms with van der Waals surface area (Å²) in [4.78, 5) is 0. The molecular formula is C6H10O2. The first-order valence-electron chi connectivity index (χ1n) is 2.84. The van der Waals surface area contributed by atoms with E-state index in [4.69, 9.17) is 4.74 Å². The molecule has 0 aromatic carbocycles. The lowest BCUT2D eigenvalue weighted by atomic mass is 10.4. The maximum Gasteiger partial charge on any atom is 0.109 e. The molecule has 2 nitrogen and oxygen atoms in total. The van der Waals surface area contributed by atoms with Gasteiger partial charge >= 0.3 is 0 Å². The van der Waals surface area contributed by atoms with Crippen molar-refractivity contribution in [3.05, 3.63) is 12.3 Å². The first kappa shape index (κ1) is 5.63. The molecule has 0 saturated carbocycles. The number of rotatable bonds is 0. The third-order valence-electron chi connectivity index (χ3n) is 0.962. The van der Waals surface area contributed by atoms with Crippen LogP contribution in [0.25, 0.3) is 0 Å². The zero-order valence-electron chi connectivity index (χ0n) is 4.80. The highest BCUT2D eigenvalue weighted by Crippen LogP contribution is 1.93. The van der Waals surface area contributed by atoms with Crippen LogP contribution in [0.4, 0.5) is 0 Å². The summed E-state index contributed by atoms with van der Waals surface area (Å²) in [5.41, 5.74) is 0. The molecule has 0 radical (unpaired) electrons. The van der Waals surface area contributed by atoms with Gasteiger partial charge in [-0.25, -0.2) is 0 Å². The summed E-state index contributed by atoms with van der Waals surface area (Å²) in [7, 11) is 0. The fourth-order valence-corrected chi connectivity index (χ4v) is 0.241. The standard InChI is InChI=1S/C3H6O.C3H4O/c2*1-2-4-3-1/h1-3H2;1-2H,3H2. The Balaban J connectivity index is 0.0000000800. The molecule has 0 spiro atoms. The summed E-state index contributed by atoms with van der Waals surface area (Å²) < 4.78 is 9.26. The van der Waals surface area contributed by atoms with E-state index in [9.17, 15) is 0 Å². The Morgan fingerprint density at radius 1 is 1.25 bits per heavy atom. The molecule has 0 atom stereocenters. The molecule has 46 valence electrons. The van der Waals surface area contributed by atoms with E-state index in [2.05, 4.69) is 4.74 Å². The van der Waals surface area contributed by atoms with Gasteiger partial charge in [0.1, 0.15) is 6.61 Å². The Kier molecular flexibility index (Phi) is 2.46. The highest BCUT2D eigenvalue weighted by molar-refractivity contribution is 4.81. The van der Waals surface area contributed by atoms with Gasteiger partial charge in [-0.3, -0.25) is 0 Å². The predicted molar refractivity (Wildman–Crippen MR) is 30.5 cm³/mol. The molecular weight excluding hydrogens is 104 g/mol. The molecule has 1 fully saturated rings. The van der Waals surface area contributed by atoms with Gasteiger partial charge in [0.05, 0.1) is 6.26 Å². The van der Waals surface area contributed by atoms with E-state index in [1.54, 1.807) is 6.26 Å². The van der Waals surface area contributed by atoms with Crippen molar-refractivity contribution in [2.24, 2.45) is 0 Å². The largest absolute Gasteiger partial charge is 0.497 e. The van der Waals surface area contributed by atoms with Gasteiger partial charge in [-0.15, -0.1) is 0 Å². The zero-order valence-corrected chi connectivity index (χ0v) is 4.80. The first-order valence-corrected chi connectivity index (χ1v) is 2.84. The second-order valence-corrected chi connectivity index (χ2v) is 1.67. The molecule has 2 heterocycles. The molecule has 0 unspecified atom stereocenters. The van der Waals surface area contributed by atoms with E-state index in [1.807, 2.05) is 6.08 Å². The zero-order chi connectivity index (χ0) is 5.66. The highest BCUT2D eigenvalue weighted by Gasteiger charge is 1.94. The molecule has 2 heteroatoms. The van der Waals surface area contributed by atoms with Gasteiger partial charge in [-0.1, -0.05) is 0 Å². The Morgan fingerprint density at radius 3 is 1.50 bits per heavy atom. The predicted octanol–water partition coefficient (Wildman–Crippen LogP) is 0.937. The molecule has 0 amide bonds. The minimum absolute atomic E-state index is 0.819. The van der Waals surface area contributed by atoms with Gasteiger partial charge < -0.3 is 9.47 Å². The summed E-state index contributed by atoms with van der Waals surface area (Å²) in [6.45, 7) is 2.82. The van der Waals surface area contributed by atoms with Crippen molar-refractivity contribution >= 4 is 0 Å². The monoisotopic (exact) mass is 114 g/mol. The molecule has 0 N–H and O–H groups in total. The van der Waals surface area contributed by atoms with Crippen LogP contribution in [0.3, 0.4) is 0 Å². The van der Waals surface area contributed by atoms with Gasteiger partial charge in [-0.05, 0) is 12.5 Å². The Labute approximate surface area is 49.1 Å². The fraction of sp³-hybridized carbons (Fsp3) is 0.667. The molecule has 0 bridgehead atoms. The van der Waals surface area contributed by atoms with E-state index < -0.39 is 0 Å². The third kappa shape index (κ3) is 1.98. The number of hydrogen-bond acceptors (Lipinski definition) is 2. The highest BCUT2D eigenvalue weighted by atomic mass is 16.5. The van der Waals surface area contributed by atoms with Gasteiger partial charge in [0.25, 0.3) is 0 Å². The molecule has 2 aliphatic rings. The average molecular weight is 114 g/mol. The van der Waals surface area contributed by atoms with Crippen molar-refractivity contribution in [1.82, 2.24) is 0 Å². The van der Waals surface area contributed by atoms with Gasteiger partial charge in [0.2, 0.25) is 0 Å². The number of hydrogen-bond donors (Lipinski definition) is 0. The topological polar surface area (TPSA) is 18.5 Å². The second kappa shape index (κ2) is 3.50. The van der Waals surface area contributed by atoms with E-state index in [0.29, 0.717) is 0 Å². The lowest BCUT2D eigenvalue weighted by molar-refractivity contribution is 0.0367. The van der Waals surface area contributed by atoms with Crippen LogP contribution in [0, 0.1) is 0 Å². The lowest BCUT2D eigenvalue weighted by Crippen LogP contribution is -2.09. The summed E-state index contributed by atoms with van der Waals surface area (Å²) in [5, 5.41) is 0. The summed E-state index contributed by atoms with van der Waals surface area (Å²) >= 11 is 0. The molecule has 0 aromatic rings. The smallest absolute Gasteiger partial charge is 0.109 e. The van der Waals surface area contributed by atoms with Crippen LogP contribution in [0.5, 0.6) is 0 Å². The minimum Gasteiger partial charge on any atom is -0.497 e. The van der Waals surface area contributed by atoms with Gasteiger partial charge in [-0.2, -0.15) is 0 Å². The van der Waals surface area contributed by atoms with Crippen molar-refractivity contribution in [3.8, 4) is 0 Å². The Bertz CT molecular complexity index is 64.6. The van der Waals surface area contributed by atoms with E-state index in [0.717, 1.165) is 19.8 Å². The van der Waals surface area contributed by atoms with Crippen molar-refractivity contribution in [2.75, 3.05) is 19.8 Å². The molecule has 2 rings (SSSR count). The SMILES string of the molecule is C1=COC1.C1COC1. The fourth-order valence-electron chi connectivity index (χ4n) is 0.241. The maximum absolute atomic E-state index is 4.72. The van der Waals surface area contributed by atoms with Crippen molar-refractivity contribution < 1.29 is 9.47 Å². The van der Waals surface area contributed by atoms with Crippen LogP contribution in [-0.4, -0.2) is 19.8 Å². The molecule has 2 aliphatic heterocycles. The third-order valence-corrected chi connectivity index (χ3v) is 0.962. The van der Waals surface area contributed by atoms with E-state index >= 15 is 0 Å². The number of ether oxygens (including phenoxy) is 2. The quantitative estimate of drug-likeness (QED) is 0.466. The summed E-state index contributed by atoms with van der Waals surface area (Å²) in [6, 6.07) is 0.